The normalized spacial score (nSPS) is 18.8. The van der Waals surface area contributed by atoms with Crippen LogP contribution in [0.5, 0.6) is 0 Å². The lowest BCUT2D eigenvalue weighted by Gasteiger charge is -2.29. The Morgan fingerprint density at radius 2 is 2.30 bits per heavy atom. The second kappa shape index (κ2) is 7.87. The third-order valence-electron chi connectivity index (χ3n) is 4.03. The smallest absolute Gasteiger partial charge is 0.0471 e. The first-order valence-corrected chi connectivity index (χ1v) is 8.01. The molecule has 1 heterocycles. The Labute approximate surface area is 126 Å². The van der Waals surface area contributed by atoms with E-state index in [0.717, 1.165) is 37.5 Å². The van der Waals surface area contributed by atoms with Gasteiger partial charge in [0.25, 0.3) is 0 Å². The molecule has 1 aliphatic rings. The fraction of sp³-hybridized carbons (Fsp3) is 0.625. The van der Waals surface area contributed by atoms with Gasteiger partial charge >= 0.3 is 0 Å². The summed E-state index contributed by atoms with van der Waals surface area (Å²) >= 11 is 6.39. The molecule has 1 atom stereocenters. The molecule has 1 aromatic rings. The fourth-order valence-electron chi connectivity index (χ4n) is 3.02. The van der Waals surface area contributed by atoms with E-state index in [1.165, 1.54) is 24.1 Å². The zero-order valence-corrected chi connectivity index (χ0v) is 13.0. The highest BCUT2D eigenvalue weighted by Gasteiger charge is 2.26. The van der Waals surface area contributed by atoms with Crippen LogP contribution in [0.15, 0.2) is 18.2 Å². The van der Waals surface area contributed by atoms with Gasteiger partial charge in [0, 0.05) is 42.0 Å². The molecule has 4 heteroatoms. The summed E-state index contributed by atoms with van der Waals surface area (Å²) in [6, 6.07) is 6.72. The second-order valence-corrected chi connectivity index (χ2v) is 5.78. The Morgan fingerprint density at radius 1 is 1.45 bits per heavy atom. The van der Waals surface area contributed by atoms with Crippen molar-refractivity contribution < 1.29 is 5.11 Å². The van der Waals surface area contributed by atoms with E-state index < -0.39 is 0 Å². The van der Waals surface area contributed by atoms with Gasteiger partial charge in [0.1, 0.15) is 0 Å². The highest BCUT2D eigenvalue weighted by Crippen LogP contribution is 2.34. The predicted octanol–water partition coefficient (Wildman–Crippen LogP) is 3.19. The largest absolute Gasteiger partial charge is 0.396 e. The number of anilines is 1. The zero-order chi connectivity index (χ0) is 14.4. The van der Waals surface area contributed by atoms with Crippen molar-refractivity contribution in [3.63, 3.8) is 0 Å². The standard InChI is InChI=1S/C16H25ClN2O/c1-2-18-12-14-15(17)8-3-9-16(14)19-10-4-6-13(19)7-5-11-20/h3,8-9,13,18,20H,2,4-7,10-12H2,1H3. The molecule has 2 rings (SSSR count). The van der Waals surface area contributed by atoms with E-state index in [4.69, 9.17) is 16.7 Å². The summed E-state index contributed by atoms with van der Waals surface area (Å²) < 4.78 is 0. The van der Waals surface area contributed by atoms with Crippen LogP contribution in [0.2, 0.25) is 5.02 Å². The molecule has 1 aliphatic heterocycles. The zero-order valence-electron chi connectivity index (χ0n) is 12.2. The summed E-state index contributed by atoms with van der Waals surface area (Å²) in [7, 11) is 0. The van der Waals surface area contributed by atoms with Crippen molar-refractivity contribution in [2.24, 2.45) is 0 Å². The Morgan fingerprint density at radius 3 is 3.05 bits per heavy atom. The lowest BCUT2D eigenvalue weighted by molar-refractivity contribution is 0.279. The molecule has 2 N–H and O–H groups in total. The molecule has 1 unspecified atom stereocenters. The van der Waals surface area contributed by atoms with Crippen LogP contribution in [0, 0.1) is 0 Å². The van der Waals surface area contributed by atoms with Crippen molar-refractivity contribution in [3.8, 4) is 0 Å². The minimum atomic E-state index is 0.282. The third kappa shape index (κ3) is 3.66. The van der Waals surface area contributed by atoms with Gasteiger partial charge in [-0.05, 0) is 44.4 Å². The molecule has 0 aromatic heterocycles. The Kier molecular flexibility index (Phi) is 6.14. The van der Waals surface area contributed by atoms with E-state index in [1.807, 2.05) is 12.1 Å². The second-order valence-electron chi connectivity index (χ2n) is 5.37. The van der Waals surface area contributed by atoms with Gasteiger partial charge < -0.3 is 15.3 Å². The molecule has 0 radical (unpaired) electrons. The number of rotatable bonds is 7. The van der Waals surface area contributed by atoms with Crippen LogP contribution in [0.1, 0.15) is 38.2 Å². The molecule has 0 aliphatic carbocycles. The lowest BCUT2D eigenvalue weighted by Crippen LogP contribution is -2.31. The maximum Gasteiger partial charge on any atom is 0.0471 e. The Bertz CT molecular complexity index is 425. The minimum absolute atomic E-state index is 0.282. The van der Waals surface area contributed by atoms with Gasteiger partial charge in [-0.1, -0.05) is 24.6 Å². The van der Waals surface area contributed by atoms with Crippen molar-refractivity contribution in [2.75, 3.05) is 24.6 Å². The van der Waals surface area contributed by atoms with E-state index in [1.54, 1.807) is 0 Å². The third-order valence-corrected chi connectivity index (χ3v) is 4.38. The van der Waals surface area contributed by atoms with Crippen LogP contribution in [-0.4, -0.2) is 30.8 Å². The monoisotopic (exact) mass is 296 g/mol. The van der Waals surface area contributed by atoms with Gasteiger partial charge in [-0.15, -0.1) is 0 Å². The molecule has 20 heavy (non-hydrogen) atoms. The molecule has 3 nitrogen and oxygen atoms in total. The summed E-state index contributed by atoms with van der Waals surface area (Å²) in [5, 5.41) is 13.3. The van der Waals surface area contributed by atoms with E-state index in [2.05, 4.69) is 23.2 Å². The minimum Gasteiger partial charge on any atom is -0.396 e. The summed E-state index contributed by atoms with van der Waals surface area (Å²) in [5.41, 5.74) is 2.46. The van der Waals surface area contributed by atoms with Gasteiger partial charge in [-0.25, -0.2) is 0 Å². The summed E-state index contributed by atoms with van der Waals surface area (Å²) in [6.07, 6.45) is 4.38. The first-order chi connectivity index (χ1) is 9.77. The van der Waals surface area contributed by atoms with E-state index in [-0.39, 0.29) is 6.61 Å². The van der Waals surface area contributed by atoms with E-state index >= 15 is 0 Å². The van der Waals surface area contributed by atoms with Gasteiger partial charge in [0.2, 0.25) is 0 Å². The molecule has 0 spiro atoms. The number of hydrogen-bond acceptors (Lipinski definition) is 3. The van der Waals surface area contributed by atoms with Gasteiger partial charge in [0.05, 0.1) is 0 Å². The highest BCUT2D eigenvalue weighted by atomic mass is 35.5. The van der Waals surface area contributed by atoms with E-state index in [0.29, 0.717) is 6.04 Å². The van der Waals surface area contributed by atoms with Crippen LogP contribution < -0.4 is 10.2 Å². The summed E-state index contributed by atoms with van der Waals surface area (Å²) in [5.74, 6) is 0. The molecule has 0 amide bonds. The first-order valence-electron chi connectivity index (χ1n) is 7.63. The molecule has 1 saturated heterocycles. The maximum atomic E-state index is 9.05. The summed E-state index contributed by atoms with van der Waals surface area (Å²) in [6.45, 7) is 5.24. The number of halogens is 1. The number of benzene rings is 1. The molecular weight excluding hydrogens is 272 g/mol. The Hall–Kier alpha value is -0.770. The van der Waals surface area contributed by atoms with Crippen molar-refractivity contribution in [1.29, 1.82) is 0 Å². The maximum absolute atomic E-state index is 9.05. The molecule has 1 aromatic carbocycles. The average molecular weight is 297 g/mol. The average Bonchev–Trinajstić information content (AvgIpc) is 2.91. The Balaban J connectivity index is 2.19. The number of hydrogen-bond donors (Lipinski definition) is 2. The molecule has 0 saturated carbocycles. The van der Waals surface area contributed by atoms with Gasteiger partial charge in [-0.2, -0.15) is 0 Å². The lowest BCUT2D eigenvalue weighted by atomic mass is 10.1. The van der Waals surface area contributed by atoms with Crippen molar-refractivity contribution in [2.45, 2.75) is 45.2 Å². The number of aliphatic hydroxyl groups is 1. The van der Waals surface area contributed by atoms with Crippen molar-refractivity contribution in [1.82, 2.24) is 5.32 Å². The van der Waals surface area contributed by atoms with Gasteiger partial charge in [-0.3, -0.25) is 0 Å². The number of aliphatic hydroxyl groups excluding tert-OH is 1. The first kappa shape index (κ1) is 15.6. The van der Waals surface area contributed by atoms with Crippen LogP contribution in [0.4, 0.5) is 5.69 Å². The summed E-state index contributed by atoms with van der Waals surface area (Å²) in [4.78, 5) is 2.48. The SMILES string of the molecule is CCNCc1c(Cl)cccc1N1CCCC1CCCO. The molecule has 0 bridgehead atoms. The highest BCUT2D eigenvalue weighted by molar-refractivity contribution is 6.31. The number of nitrogens with one attached hydrogen (secondary N) is 1. The van der Waals surface area contributed by atoms with Gasteiger partial charge in [0.15, 0.2) is 0 Å². The molecule has 112 valence electrons. The van der Waals surface area contributed by atoms with Crippen LogP contribution >= 0.6 is 11.6 Å². The van der Waals surface area contributed by atoms with Crippen molar-refractivity contribution in [3.05, 3.63) is 28.8 Å². The quantitative estimate of drug-likeness (QED) is 0.811. The van der Waals surface area contributed by atoms with Crippen molar-refractivity contribution >= 4 is 17.3 Å². The number of nitrogens with zero attached hydrogens (tertiary/aromatic N) is 1. The molecule has 1 fully saturated rings. The topological polar surface area (TPSA) is 35.5 Å². The molecular formula is C16H25ClN2O. The van der Waals surface area contributed by atoms with Crippen LogP contribution in [0.25, 0.3) is 0 Å². The fourth-order valence-corrected chi connectivity index (χ4v) is 3.26. The van der Waals surface area contributed by atoms with Crippen LogP contribution in [-0.2, 0) is 6.54 Å². The van der Waals surface area contributed by atoms with Crippen LogP contribution in [0.3, 0.4) is 0 Å². The predicted molar refractivity (Wildman–Crippen MR) is 85.5 cm³/mol. The van der Waals surface area contributed by atoms with E-state index in [9.17, 15) is 0 Å².